The van der Waals surface area contributed by atoms with Crippen LogP contribution in [0, 0.1) is 6.92 Å². The van der Waals surface area contributed by atoms with Gasteiger partial charge in [0.2, 0.25) is 0 Å². The molecule has 156 valence electrons. The average Bonchev–Trinajstić information content (AvgIpc) is 3.19. The molecule has 0 aliphatic carbocycles. The molecule has 4 aromatic carbocycles. The number of imidazole rings is 1. The second-order valence-corrected chi connectivity index (χ2v) is 8.69. The van der Waals surface area contributed by atoms with E-state index in [1.165, 1.54) is 21.5 Å². The zero-order valence-corrected chi connectivity index (χ0v) is 18.4. The van der Waals surface area contributed by atoms with Crippen LogP contribution >= 0.6 is 0 Å². The van der Waals surface area contributed by atoms with Crippen LogP contribution in [0.1, 0.15) is 5.56 Å². The van der Waals surface area contributed by atoms with Crippen molar-refractivity contribution in [1.82, 2.24) is 19.5 Å². The first-order chi connectivity index (χ1) is 16.2. The molecule has 7 aromatic rings. The molecular formula is C29H20N4. The van der Waals surface area contributed by atoms with Crippen molar-refractivity contribution >= 4 is 54.4 Å². The van der Waals surface area contributed by atoms with E-state index >= 15 is 0 Å². The summed E-state index contributed by atoms with van der Waals surface area (Å²) in [4.78, 5) is 14.8. The molecule has 0 N–H and O–H groups in total. The third-order valence-corrected chi connectivity index (χ3v) is 6.66. The average molecular weight is 425 g/mol. The van der Waals surface area contributed by atoms with Gasteiger partial charge in [-0.3, -0.25) is 9.97 Å². The van der Waals surface area contributed by atoms with Crippen LogP contribution in [0.2, 0.25) is 0 Å². The summed E-state index contributed by atoms with van der Waals surface area (Å²) >= 11 is 0. The Morgan fingerprint density at radius 1 is 0.667 bits per heavy atom. The molecule has 3 aromatic heterocycles. The Labute approximate surface area is 190 Å². The van der Waals surface area contributed by atoms with Crippen LogP contribution in [0.25, 0.3) is 65.8 Å². The molecule has 3 heterocycles. The fourth-order valence-corrected chi connectivity index (χ4v) is 5.20. The van der Waals surface area contributed by atoms with Crippen LogP contribution < -0.4 is 0 Å². The minimum absolute atomic E-state index is 0.896. The normalized spacial score (nSPS) is 11.9. The Balaban J connectivity index is 1.74. The van der Waals surface area contributed by atoms with Gasteiger partial charge in [-0.1, -0.05) is 48.5 Å². The molecule has 0 bridgehead atoms. The maximum atomic E-state index is 5.29. The monoisotopic (exact) mass is 424 g/mol. The van der Waals surface area contributed by atoms with Crippen LogP contribution in [0.3, 0.4) is 0 Å². The van der Waals surface area contributed by atoms with E-state index in [4.69, 9.17) is 9.97 Å². The third-order valence-electron chi connectivity index (χ3n) is 6.66. The highest BCUT2D eigenvalue weighted by Crippen LogP contribution is 2.40. The quantitative estimate of drug-likeness (QED) is 0.211. The molecule has 0 aliphatic rings. The molecule has 33 heavy (non-hydrogen) atoms. The largest absolute Gasteiger partial charge is 0.326 e. The summed E-state index contributed by atoms with van der Waals surface area (Å²) in [5.41, 5.74) is 6.15. The highest BCUT2D eigenvalue weighted by molar-refractivity contribution is 6.22. The second kappa shape index (κ2) is 6.59. The number of hydrogen-bond donors (Lipinski definition) is 0. The molecular weight excluding hydrogens is 404 g/mol. The van der Waals surface area contributed by atoms with Crippen molar-refractivity contribution in [2.24, 2.45) is 7.05 Å². The lowest BCUT2D eigenvalue weighted by Crippen LogP contribution is -1.96. The standard InChI is InChI=1S/C29H20N4/c1-17-14-23-26(31-16-17)25-22(12-7-13-30-25)27-28(23)33(2)29(32-27)24-20-10-5-3-8-18(20)15-19-9-4-6-11-21(19)24/h3-16H,1-2H3. The van der Waals surface area contributed by atoms with Crippen molar-refractivity contribution in [2.75, 3.05) is 0 Å². The maximum Gasteiger partial charge on any atom is 0.142 e. The SMILES string of the molecule is Cc1cnc2c(c1)c1c(nc(-c3c4ccccc4cc4ccccc34)n1C)c1cccnc12. The predicted octanol–water partition coefficient (Wildman–Crippen LogP) is 6.95. The van der Waals surface area contributed by atoms with Crippen LogP contribution in [0.15, 0.2) is 85.2 Å². The van der Waals surface area contributed by atoms with Gasteiger partial charge in [0.25, 0.3) is 0 Å². The van der Waals surface area contributed by atoms with Gasteiger partial charge in [0.05, 0.1) is 22.1 Å². The van der Waals surface area contributed by atoms with Gasteiger partial charge in [0.1, 0.15) is 5.82 Å². The van der Waals surface area contributed by atoms with E-state index in [9.17, 15) is 0 Å². The number of nitrogens with zero attached hydrogens (tertiary/aromatic N) is 4. The Hall–Kier alpha value is -4.31. The third kappa shape index (κ3) is 2.49. The molecule has 4 heteroatoms. The van der Waals surface area contributed by atoms with Gasteiger partial charge >= 0.3 is 0 Å². The van der Waals surface area contributed by atoms with Crippen molar-refractivity contribution in [3.8, 4) is 11.4 Å². The summed E-state index contributed by atoms with van der Waals surface area (Å²) in [6.07, 6.45) is 3.75. The van der Waals surface area contributed by atoms with Gasteiger partial charge in [-0.25, -0.2) is 4.98 Å². The number of benzene rings is 4. The first kappa shape index (κ1) is 18.3. The van der Waals surface area contributed by atoms with E-state index in [2.05, 4.69) is 90.3 Å². The Kier molecular flexibility index (Phi) is 3.65. The first-order valence-corrected chi connectivity index (χ1v) is 11.1. The molecule has 0 saturated heterocycles. The maximum absolute atomic E-state index is 5.29. The Morgan fingerprint density at radius 3 is 2.09 bits per heavy atom. The van der Waals surface area contributed by atoms with Crippen LogP contribution in [0.4, 0.5) is 0 Å². The van der Waals surface area contributed by atoms with E-state index in [0.717, 1.165) is 49.8 Å². The van der Waals surface area contributed by atoms with E-state index in [0.29, 0.717) is 0 Å². The first-order valence-electron chi connectivity index (χ1n) is 11.1. The lowest BCUT2D eigenvalue weighted by Gasteiger charge is -2.12. The second-order valence-electron chi connectivity index (χ2n) is 8.69. The number of aromatic nitrogens is 4. The highest BCUT2D eigenvalue weighted by Gasteiger charge is 2.21. The minimum atomic E-state index is 0.896. The number of pyridine rings is 2. The summed E-state index contributed by atoms with van der Waals surface area (Å²) in [5, 5.41) is 6.95. The van der Waals surface area contributed by atoms with Gasteiger partial charge in [-0.2, -0.15) is 0 Å². The van der Waals surface area contributed by atoms with Gasteiger partial charge in [0, 0.05) is 35.8 Å². The number of aryl methyl sites for hydroxylation is 2. The Bertz CT molecular complexity index is 1840. The number of fused-ring (bicyclic) bond motifs is 8. The zero-order valence-electron chi connectivity index (χ0n) is 18.4. The summed E-state index contributed by atoms with van der Waals surface area (Å²) in [6, 6.07) is 25.7. The summed E-state index contributed by atoms with van der Waals surface area (Å²) in [7, 11) is 2.12. The molecule has 0 unspecified atom stereocenters. The van der Waals surface area contributed by atoms with Crippen molar-refractivity contribution < 1.29 is 0 Å². The summed E-state index contributed by atoms with van der Waals surface area (Å²) in [5.74, 6) is 0.956. The molecule has 0 fully saturated rings. The van der Waals surface area contributed by atoms with Crippen molar-refractivity contribution in [2.45, 2.75) is 6.92 Å². The van der Waals surface area contributed by atoms with Crippen LogP contribution in [0.5, 0.6) is 0 Å². The molecule has 0 amide bonds. The van der Waals surface area contributed by atoms with E-state index in [-0.39, 0.29) is 0 Å². The van der Waals surface area contributed by atoms with E-state index in [1.807, 2.05) is 18.5 Å². The van der Waals surface area contributed by atoms with Crippen LogP contribution in [-0.2, 0) is 7.05 Å². The molecule has 0 aliphatic heterocycles. The fourth-order valence-electron chi connectivity index (χ4n) is 5.20. The minimum Gasteiger partial charge on any atom is -0.326 e. The fraction of sp³-hybridized carbons (Fsp3) is 0.0690. The van der Waals surface area contributed by atoms with Gasteiger partial charge < -0.3 is 4.57 Å². The molecule has 0 radical (unpaired) electrons. The zero-order chi connectivity index (χ0) is 22.1. The predicted molar refractivity (Wildman–Crippen MR) is 137 cm³/mol. The van der Waals surface area contributed by atoms with E-state index in [1.54, 1.807) is 0 Å². The lowest BCUT2D eigenvalue weighted by atomic mass is 9.96. The van der Waals surface area contributed by atoms with Crippen molar-refractivity contribution in [1.29, 1.82) is 0 Å². The van der Waals surface area contributed by atoms with Gasteiger partial charge in [-0.15, -0.1) is 0 Å². The molecule has 7 rings (SSSR count). The van der Waals surface area contributed by atoms with Crippen molar-refractivity contribution in [3.05, 3.63) is 90.8 Å². The molecule has 4 nitrogen and oxygen atoms in total. The lowest BCUT2D eigenvalue weighted by molar-refractivity contribution is 0.965. The van der Waals surface area contributed by atoms with Gasteiger partial charge in [-0.05, 0) is 58.3 Å². The van der Waals surface area contributed by atoms with Crippen molar-refractivity contribution in [3.63, 3.8) is 0 Å². The number of hydrogen-bond acceptors (Lipinski definition) is 3. The van der Waals surface area contributed by atoms with Gasteiger partial charge in [0.15, 0.2) is 0 Å². The molecule has 0 atom stereocenters. The molecule has 0 spiro atoms. The van der Waals surface area contributed by atoms with Crippen LogP contribution in [-0.4, -0.2) is 19.5 Å². The summed E-state index contributed by atoms with van der Waals surface area (Å²) in [6.45, 7) is 2.08. The number of rotatable bonds is 1. The smallest absolute Gasteiger partial charge is 0.142 e. The van der Waals surface area contributed by atoms with E-state index < -0.39 is 0 Å². The highest BCUT2D eigenvalue weighted by atomic mass is 15.1. The summed E-state index contributed by atoms with van der Waals surface area (Å²) < 4.78 is 2.24. The Morgan fingerprint density at radius 2 is 1.33 bits per heavy atom. The topological polar surface area (TPSA) is 43.6 Å². The molecule has 0 saturated carbocycles.